The van der Waals surface area contributed by atoms with E-state index in [1.54, 1.807) is 18.2 Å². The predicted molar refractivity (Wildman–Crippen MR) is 127 cm³/mol. The van der Waals surface area contributed by atoms with Gasteiger partial charge in [-0.1, -0.05) is 12.1 Å². The lowest BCUT2D eigenvalue weighted by Crippen LogP contribution is -2.29. The molecular formula is C26H26FNO8. The Balaban J connectivity index is 1.69. The van der Waals surface area contributed by atoms with Gasteiger partial charge in [-0.3, -0.25) is 4.79 Å². The molecule has 0 saturated carbocycles. The van der Waals surface area contributed by atoms with Crippen LogP contribution in [0.2, 0.25) is 0 Å². The standard InChI is InChI=1S/C26H26FNO8/c1-14-10-19(29)22(26(31)36-14)17(12-21(30)28-9-8-15-4-6-16(27)7-5-15)18-11-20(32-2)24-25(23(18)33-3)35-13-34-24/h4-7,10-11,17,29H,8-9,12-13H2,1-3H3,(H,28,30). The molecule has 2 aromatic carbocycles. The van der Waals surface area contributed by atoms with E-state index in [9.17, 15) is 19.1 Å². The summed E-state index contributed by atoms with van der Waals surface area (Å²) in [5.74, 6) is -0.625. The molecule has 0 radical (unpaired) electrons. The van der Waals surface area contributed by atoms with Crippen LogP contribution >= 0.6 is 0 Å². The molecule has 2 N–H and O–H groups in total. The molecule has 1 unspecified atom stereocenters. The molecule has 190 valence electrons. The maximum Gasteiger partial charge on any atom is 0.343 e. The number of fused-ring (bicyclic) bond motifs is 1. The Hall–Kier alpha value is -4.21. The van der Waals surface area contributed by atoms with Crippen LogP contribution in [-0.4, -0.2) is 38.6 Å². The second-order valence-electron chi connectivity index (χ2n) is 8.19. The van der Waals surface area contributed by atoms with E-state index >= 15 is 0 Å². The van der Waals surface area contributed by atoms with E-state index < -0.39 is 11.5 Å². The van der Waals surface area contributed by atoms with E-state index in [1.165, 1.54) is 39.3 Å². The van der Waals surface area contributed by atoms with Crippen LogP contribution in [-0.2, 0) is 11.2 Å². The highest BCUT2D eigenvalue weighted by Crippen LogP contribution is 2.52. The van der Waals surface area contributed by atoms with Crippen LogP contribution in [0, 0.1) is 12.7 Å². The van der Waals surface area contributed by atoms with Gasteiger partial charge in [-0.15, -0.1) is 0 Å². The summed E-state index contributed by atoms with van der Waals surface area (Å²) >= 11 is 0. The molecule has 0 saturated heterocycles. The van der Waals surface area contributed by atoms with Crippen molar-refractivity contribution in [2.75, 3.05) is 27.6 Å². The third-order valence-electron chi connectivity index (χ3n) is 5.87. The molecule has 1 amide bonds. The zero-order valence-corrected chi connectivity index (χ0v) is 20.1. The first-order valence-corrected chi connectivity index (χ1v) is 11.2. The number of halogens is 1. The number of aromatic hydroxyl groups is 1. The van der Waals surface area contributed by atoms with Gasteiger partial charge in [-0.05, 0) is 37.1 Å². The molecule has 0 spiro atoms. The molecule has 2 heterocycles. The Morgan fingerprint density at radius 2 is 1.86 bits per heavy atom. The minimum absolute atomic E-state index is 0.0576. The number of nitrogens with one attached hydrogen (secondary N) is 1. The van der Waals surface area contributed by atoms with Crippen molar-refractivity contribution in [3.63, 3.8) is 0 Å². The lowest BCUT2D eigenvalue weighted by atomic mass is 9.87. The van der Waals surface area contributed by atoms with Gasteiger partial charge in [0, 0.05) is 30.5 Å². The molecule has 1 aliphatic rings. The second-order valence-corrected chi connectivity index (χ2v) is 8.19. The van der Waals surface area contributed by atoms with E-state index in [-0.39, 0.29) is 60.1 Å². The molecule has 0 aliphatic carbocycles. The van der Waals surface area contributed by atoms with Crippen LogP contribution < -0.4 is 29.9 Å². The third kappa shape index (κ3) is 5.07. The Bertz CT molecular complexity index is 1320. The predicted octanol–water partition coefficient (Wildman–Crippen LogP) is 3.42. The first kappa shape index (κ1) is 24.9. The van der Waals surface area contributed by atoms with Gasteiger partial charge in [0.2, 0.25) is 24.2 Å². The van der Waals surface area contributed by atoms with Gasteiger partial charge in [0.1, 0.15) is 17.3 Å². The molecule has 10 heteroatoms. The van der Waals surface area contributed by atoms with Gasteiger partial charge < -0.3 is 33.8 Å². The minimum Gasteiger partial charge on any atom is -0.507 e. The molecule has 0 bridgehead atoms. The van der Waals surface area contributed by atoms with Crippen molar-refractivity contribution in [1.82, 2.24) is 5.32 Å². The van der Waals surface area contributed by atoms with Crippen molar-refractivity contribution >= 4 is 5.91 Å². The largest absolute Gasteiger partial charge is 0.507 e. The monoisotopic (exact) mass is 499 g/mol. The number of methoxy groups -OCH3 is 2. The van der Waals surface area contributed by atoms with Crippen LogP contribution in [0.25, 0.3) is 0 Å². The summed E-state index contributed by atoms with van der Waals surface area (Å²) in [6.07, 6.45) is 0.264. The fraction of sp³-hybridized carbons (Fsp3) is 0.308. The maximum absolute atomic E-state index is 13.1. The van der Waals surface area contributed by atoms with Crippen LogP contribution in [0.1, 0.15) is 34.8 Å². The summed E-state index contributed by atoms with van der Waals surface area (Å²) in [6, 6.07) is 8.89. The molecule has 4 rings (SSSR count). The number of hydrogen-bond donors (Lipinski definition) is 2. The quantitative estimate of drug-likeness (QED) is 0.460. The van der Waals surface area contributed by atoms with Crippen LogP contribution in [0.4, 0.5) is 4.39 Å². The Morgan fingerprint density at radius 1 is 1.14 bits per heavy atom. The van der Waals surface area contributed by atoms with Crippen molar-refractivity contribution < 1.29 is 37.7 Å². The fourth-order valence-electron chi connectivity index (χ4n) is 4.20. The molecule has 36 heavy (non-hydrogen) atoms. The van der Waals surface area contributed by atoms with Gasteiger partial charge in [-0.2, -0.15) is 0 Å². The van der Waals surface area contributed by atoms with Gasteiger partial charge in [-0.25, -0.2) is 9.18 Å². The maximum atomic E-state index is 13.1. The number of aryl methyl sites for hydroxylation is 1. The fourth-order valence-corrected chi connectivity index (χ4v) is 4.20. The topological polar surface area (TPSA) is 116 Å². The lowest BCUT2D eigenvalue weighted by molar-refractivity contribution is -0.121. The van der Waals surface area contributed by atoms with Gasteiger partial charge in [0.15, 0.2) is 11.5 Å². The number of amides is 1. The van der Waals surface area contributed by atoms with Gasteiger partial charge >= 0.3 is 5.63 Å². The molecule has 1 aromatic heterocycles. The van der Waals surface area contributed by atoms with Gasteiger partial charge in [0.05, 0.1) is 19.8 Å². The normalized spacial score (nSPS) is 12.8. The summed E-state index contributed by atoms with van der Waals surface area (Å²) in [4.78, 5) is 25.9. The van der Waals surface area contributed by atoms with E-state index in [1.807, 2.05) is 0 Å². The average Bonchev–Trinajstić information content (AvgIpc) is 3.33. The number of benzene rings is 2. The number of rotatable bonds is 9. The number of ether oxygens (including phenoxy) is 4. The molecule has 9 nitrogen and oxygen atoms in total. The SMILES string of the molecule is COc1cc(C(CC(=O)NCCc2ccc(F)cc2)c2c(O)cc(C)oc2=O)c(OC)c2c1OCO2. The molecule has 0 fully saturated rings. The summed E-state index contributed by atoms with van der Waals surface area (Å²) in [5.41, 5.74) is 0.342. The number of carbonyl (C=O) groups is 1. The van der Waals surface area contributed by atoms with Crippen LogP contribution in [0.5, 0.6) is 28.7 Å². The second kappa shape index (κ2) is 10.6. The summed E-state index contributed by atoms with van der Waals surface area (Å²) in [5, 5.41) is 13.5. The highest BCUT2D eigenvalue weighted by Gasteiger charge is 2.34. The Kier molecular flexibility index (Phi) is 7.33. The highest BCUT2D eigenvalue weighted by molar-refractivity contribution is 5.78. The van der Waals surface area contributed by atoms with Crippen molar-refractivity contribution in [3.05, 3.63) is 75.1 Å². The molecule has 3 aromatic rings. The average molecular weight is 499 g/mol. The smallest absolute Gasteiger partial charge is 0.343 e. The number of carbonyl (C=O) groups excluding carboxylic acids is 1. The first-order chi connectivity index (χ1) is 17.3. The van der Waals surface area contributed by atoms with E-state index in [4.69, 9.17) is 23.4 Å². The molecule has 1 atom stereocenters. The van der Waals surface area contributed by atoms with Crippen LogP contribution in [0.15, 0.2) is 45.6 Å². The zero-order valence-electron chi connectivity index (χ0n) is 20.1. The highest BCUT2D eigenvalue weighted by atomic mass is 19.1. The summed E-state index contributed by atoms with van der Waals surface area (Å²) in [7, 11) is 2.87. The summed E-state index contributed by atoms with van der Waals surface area (Å²) in [6.45, 7) is 1.76. The Morgan fingerprint density at radius 3 is 2.53 bits per heavy atom. The Labute approximate surface area is 206 Å². The summed E-state index contributed by atoms with van der Waals surface area (Å²) < 4.78 is 40.5. The van der Waals surface area contributed by atoms with Gasteiger partial charge in [0.25, 0.3) is 0 Å². The molecule has 1 aliphatic heterocycles. The molecular weight excluding hydrogens is 473 g/mol. The lowest BCUT2D eigenvalue weighted by Gasteiger charge is -2.22. The van der Waals surface area contributed by atoms with E-state index in [0.717, 1.165) is 5.56 Å². The van der Waals surface area contributed by atoms with E-state index in [2.05, 4.69) is 5.32 Å². The van der Waals surface area contributed by atoms with Crippen molar-refractivity contribution in [2.24, 2.45) is 0 Å². The van der Waals surface area contributed by atoms with E-state index in [0.29, 0.717) is 23.5 Å². The van der Waals surface area contributed by atoms with Crippen molar-refractivity contribution in [2.45, 2.75) is 25.7 Å². The third-order valence-corrected chi connectivity index (χ3v) is 5.87. The van der Waals surface area contributed by atoms with Crippen molar-refractivity contribution in [1.29, 1.82) is 0 Å². The zero-order chi connectivity index (χ0) is 25.8. The van der Waals surface area contributed by atoms with Crippen LogP contribution in [0.3, 0.4) is 0 Å². The number of hydrogen-bond acceptors (Lipinski definition) is 8. The first-order valence-electron chi connectivity index (χ1n) is 11.2. The van der Waals surface area contributed by atoms with Crippen molar-refractivity contribution in [3.8, 4) is 28.7 Å². The minimum atomic E-state index is -0.967.